The number of sulfonamides is 1. The van der Waals surface area contributed by atoms with E-state index in [4.69, 9.17) is 0 Å². The third-order valence-electron chi connectivity index (χ3n) is 4.89. The second kappa shape index (κ2) is 8.22. The van der Waals surface area contributed by atoms with Crippen molar-refractivity contribution in [1.29, 1.82) is 0 Å². The molecule has 146 valence electrons. The first-order valence-electron chi connectivity index (χ1n) is 9.19. The summed E-state index contributed by atoms with van der Waals surface area (Å²) in [4.78, 5) is 16.1. The average Bonchev–Trinajstić information content (AvgIpc) is 3.11. The number of hydrogen-bond acceptors (Lipinski definition) is 4. The van der Waals surface area contributed by atoms with Gasteiger partial charge in [0.2, 0.25) is 5.91 Å². The molecule has 1 aromatic heterocycles. The Morgan fingerprint density at radius 3 is 2.56 bits per heavy atom. The SMILES string of the molecule is Cc1ccc(CNC(=O)Cn2cnc(S(=O)(=O)N3CCC(C)CC3)c2)cc1. The lowest BCUT2D eigenvalue weighted by Crippen LogP contribution is -2.38. The van der Waals surface area contributed by atoms with E-state index in [9.17, 15) is 13.2 Å². The molecule has 1 aliphatic rings. The fourth-order valence-corrected chi connectivity index (χ4v) is 4.45. The molecule has 8 heteroatoms. The molecule has 0 radical (unpaired) electrons. The van der Waals surface area contributed by atoms with Gasteiger partial charge in [0, 0.05) is 25.8 Å². The van der Waals surface area contributed by atoms with Gasteiger partial charge in [-0.05, 0) is 31.2 Å². The Morgan fingerprint density at radius 2 is 1.89 bits per heavy atom. The van der Waals surface area contributed by atoms with E-state index in [-0.39, 0.29) is 17.5 Å². The zero-order valence-corrected chi connectivity index (χ0v) is 16.6. The van der Waals surface area contributed by atoms with E-state index in [1.54, 1.807) is 0 Å². The summed E-state index contributed by atoms with van der Waals surface area (Å²) in [6.07, 6.45) is 4.55. The van der Waals surface area contributed by atoms with Crippen LogP contribution in [0.1, 0.15) is 30.9 Å². The van der Waals surface area contributed by atoms with Crippen molar-refractivity contribution in [2.24, 2.45) is 5.92 Å². The van der Waals surface area contributed by atoms with Crippen LogP contribution in [0, 0.1) is 12.8 Å². The highest BCUT2D eigenvalue weighted by Crippen LogP contribution is 2.22. The van der Waals surface area contributed by atoms with Crippen LogP contribution in [0.25, 0.3) is 0 Å². The van der Waals surface area contributed by atoms with Crippen molar-refractivity contribution in [2.75, 3.05) is 13.1 Å². The Morgan fingerprint density at radius 1 is 1.22 bits per heavy atom. The number of rotatable bonds is 6. The number of piperidine rings is 1. The van der Waals surface area contributed by atoms with E-state index in [1.165, 1.54) is 27.0 Å². The molecule has 7 nitrogen and oxygen atoms in total. The van der Waals surface area contributed by atoms with E-state index in [0.717, 1.165) is 18.4 Å². The Hall–Kier alpha value is -2.19. The summed E-state index contributed by atoms with van der Waals surface area (Å²) >= 11 is 0. The maximum Gasteiger partial charge on any atom is 0.262 e. The predicted octanol–water partition coefficient (Wildman–Crippen LogP) is 1.93. The van der Waals surface area contributed by atoms with E-state index < -0.39 is 10.0 Å². The van der Waals surface area contributed by atoms with Crippen LogP contribution in [0.15, 0.2) is 41.8 Å². The molecule has 2 aromatic rings. The highest BCUT2D eigenvalue weighted by Gasteiger charge is 2.29. The summed E-state index contributed by atoms with van der Waals surface area (Å²) in [5, 5.41) is 2.84. The van der Waals surface area contributed by atoms with E-state index in [1.807, 2.05) is 31.2 Å². The first-order chi connectivity index (χ1) is 12.8. The molecule has 0 unspecified atom stereocenters. The molecule has 1 amide bonds. The topological polar surface area (TPSA) is 84.3 Å². The Balaban J connectivity index is 1.57. The minimum absolute atomic E-state index is 0.00314. The van der Waals surface area contributed by atoms with Gasteiger partial charge in [-0.1, -0.05) is 36.8 Å². The number of amides is 1. The maximum absolute atomic E-state index is 12.7. The third kappa shape index (κ3) is 4.95. The van der Waals surface area contributed by atoms with Crippen LogP contribution in [-0.4, -0.2) is 41.3 Å². The third-order valence-corrected chi connectivity index (χ3v) is 6.68. The molecule has 1 aliphatic heterocycles. The summed E-state index contributed by atoms with van der Waals surface area (Å²) < 4.78 is 28.3. The molecule has 1 saturated heterocycles. The number of nitrogens with one attached hydrogen (secondary N) is 1. The summed E-state index contributed by atoms with van der Waals surface area (Å²) in [6.45, 7) is 5.66. The van der Waals surface area contributed by atoms with Gasteiger partial charge in [0.15, 0.2) is 5.03 Å². The van der Waals surface area contributed by atoms with Gasteiger partial charge in [-0.2, -0.15) is 4.31 Å². The van der Waals surface area contributed by atoms with Crippen LogP contribution in [0.3, 0.4) is 0 Å². The zero-order valence-electron chi connectivity index (χ0n) is 15.8. The highest BCUT2D eigenvalue weighted by molar-refractivity contribution is 7.89. The Kier molecular flexibility index (Phi) is 5.96. The number of nitrogens with zero attached hydrogens (tertiary/aromatic N) is 3. The number of carbonyl (C=O) groups is 1. The molecule has 3 rings (SSSR count). The largest absolute Gasteiger partial charge is 0.350 e. The Bertz CT molecular complexity index is 882. The standard InChI is InChI=1S/C19H26N4O3S/c1-15-3-5-17(6-4-15)11-20-18(24)12-22-13-19(21-14-22)27(25,26)23-9-7-16(2)8-10-23/h3-6,13-14,16H,7-12H2,1-2H3,(H,20,24). The zero-order chi connectivity index (χ0) is 19.4. The molecule has 1 fully saturated rings. The molecule has 0 saturated carbocycles. The summed E-state index contributed by atoms with van der Waals surface area (Å²) in [7, 11) is -3.59. The molecule has 2 heterocycles. The van der Waals surface area contributed by atoms with Gasteiger partial charge in [-0.15, -0.1) is 0 Å². The van der Waals surface area contributed by atoms with Crippen LogP contribution >= 0.6 is 0 Å². The lowest BCUT2D eigenvalue weighted by molar-refractivity contribution is -0.121. The summed E-state index contributed by atoms with van der Waals surface area (Å²) in [6, 6.07) is 7.93. The van der Waals surface area contributed by atoms with E-state index in [2.05, 4.69) is 17.2 Å². The number of hydrogen-bond donors (Lipinski definition) is 1. The van der Waals surface area contributed by atoms with Gasteiger partial charge < -0.3 is 9.88 Å². The summed E-state index contributed by atoms with van der Waals surface area (Å²) in [5.74, 6) is 0.356. The van der Waals surface area contributed by atoms with Gasteiger partial charge in [0.25, 0.3) is 10.0 Å². The van der Waals surface area contributed by atoms with Gasteiger partial charge in [-0.3, -0.25) is 4.79 Å². The molecular formula is C19H26N4O3S. The second-order valence-electron chi connectivity index (χ2n) is 7.23. The van der Waals surface area contributed by atoms with Gasteiger partial charge in [-0.25, -0.2) is 13.4 Å². The minimum atomic E-state index is -3.59. The fraction of sp³-hybridized carbons (Fsp3) is 0.474. The van der Waals surface area contributed by atoms with Crippen LogP contribution in [0.5, 0.6) is 0 Å². The molecule has 0 spiro atoms. The quantitative estimate of drug-likeness (QED) is 0.817. The molecular weight excluding hydrogens is 364 g/mol. The number of carbonyl (C=O) groups excluding carboxylic acids is 1. The van der Waals surface area contributed by atoms with E-state index >= 15 is 0 Å². The smallest absolute Gasteiger partial charge is 0.262 e. The monoisotopic (exact) mass is 390 g/mol. The van der Waals surface area contributed by atoms with Crippen molar-refractivity contribution in [2.45, 2.75) is 44.8 Å². The number of aryl methyl sites for hydroxylation is 1. The van der Waals surface area contributed by atoms with Gasteiger partial charge in [0.1, 0.15) is 6.54 Å². The first kappa shape index (κ1) is 19.6. The maximum atomic E-state index is 12.7. The lowest BCUT2D eigenvalue weighted by Gasteiger charge is -2.28. The van der Waals surface area contributed by atoms with E-state index in [0.29, 0.717) is 25.6 Å². The Labute approximate surface area is 160 Å². The van der Waals surface area contributed by atoms with Crippen LogP contribution in [0.2, 0.25) is 0 Å². The van der Waals surface area contributed by atoms with Crippen LogP contribution in [-0.2, 0) is 27.9 Å². The normalized spacial score (nSPS) is 16.4. The van der Waals surface area contributed by atoms with Gasteiger partial charge >= 0.3 is 0 Å². The number of imidazole rings is 1. The first-order valence-corrected chi connectivity index (χ1v) is 10.6. The fourth-order valence-electron chi connectivity index (χ4n) is 3.05. The van der Waals surface area contributed by atoms with Crippen molar-refractivity contribution in [1.82, 2.24) is 19.2 Å². The van der Waals surface area contributed by atoms with Crippen LogP contribution in [0.4, 0.5) is 0 Å². The molecule has 1 N–H and O–H groups in total. The van der Waals surface area contributed by atoms with Crippen molar-refractivity contribution in [3.05, 3.63) is 47.9 Å². The van der Waals surface area contributed by atoms with Gasteiger partial charge in [0.05, 0.1) is 6.33 Å². The summed E-state index contributed by atoms with van der Waals surface area (Å²) in [5.41, 5.74) is 2.18. The molecule has 27 heavy (non-hydrogen) atoms. The lowest BCUT2D eigenvalue weighted by atomic mass is 10.0. The highest BCUT2D eigenvalue weighted by atomic mass is 32.2. The predicted molar refractivity (Wildman–Crippen MR) is 102 cm³/mol. The van der Waals surface area contributed by atoms with Crippen LogP contribution < -0.4 is 5.32 Å². The molecule has 0 atom stereocenters. The van der Waals surface area contributed by atoms with Crippen molar-refractivity contribution in [3.8, 4) is 0 Å². The van der Waals surface area contributed by atoms with Crippen molar-refractivity contribution in [3.63, 3.8) is 0 Å². The number of benzene rings is 1. The second-order valence-corrected chi connectivity index (χ2v) is 9.12. The average molecular weight is 391 g/mol. The molecule has 1 aromatic carbocycles. The molecule has 0 aliphatic carbocycles. The van der Waals surface area contributed by atoms with Crippen molar-refractivity contribution < 1.29 is 13.2 Å². The van der Waals surface area contributed by atoms with Crippen molar-refractivity contribution >= 4 is 15.9 Å². The molecule has 0 bridgehead atoms. The number of aromatic nitrogens is 2. The minimum Gasteiger partial charge on any atom is -0.350 e.